The second-order valence-electron chi connectivity index (χ2n) is 5.30. The number of nitrogens with zero attached hydrogens (tertiary/aromatic N) is 1. The van der Waals surface area contributed by atoms with Gasteiger partial charge in [0.05, 0.1) is 17.6 Å². The molecule has 0 saturated carbocycles. The van der Waals surface area contributed by atoms with Gasteiger partial charge < -0.3 is 0 Å². The zero-order valence-corrected chi connectivity index (χ0v) is 14.7. The van der Waals surface area contributed by atoms with Gasteiger partial charge in [-0.15, -0.1) is 0 Å². The Labute approximate surface area is 156 Å². The maximum Gasteiger partial charge on any atom is 0.460 e. The molecule has 0 aromatic heterocycles. The van der Waals surface area contributed by atoms with Crippen molar-refractivity contribution in [2.24, 2.45) is 5.10 Å². The van der Waals surface area contributed by atoms with Crippen LogP contribution in [-0.2, 0) is 14.8 Å². The van der Waals surface area contributed by atoms with E-state index in [1.165, 1.54) is 0 Å². The summed E-state index contributed by atoms with van der Waals surface area (Å²) < 4.78 is 140. The molecule has 0 saturated heterocycles. The summed E-state index contributed by atoms with van der Waals surface area (Å²) in [6.45, 7) is 1.04. The van der Waals surface area contributed by atoms with Crippen molar-refractivity contribution in [1.82, 2.24) is 0 Å². The van der Waals surface area contributed by atoms with Crippen LogP contribution in [0.25, 0.3) is 0 Å². The topological polar surface area (TPSA) is 87.6 Å². The molecule has 0 aliphatic heterocycles. The number of alkyl halides is 9. The standard InChI is InChI=1S/C13H10F9N3O3S/c1-7(26)6-23-24-8-4-2-3-5-9(8)25-29(27,28)13(21,22)11(16,17)10(14,15)12(18,19)20/h2-6,24-25H,1H3/b23-6-. The predicted octanol–water partition coefficient (Wildman–Crippen LogP) is 3.84. The fraction of sp³-hybridized carbons (Fsp3) is 0.385. The number of halogens is 9. The molecule has 0 aliphatic carbocycles. The van der Waals surface area contributed by atoms with Crippen LogP contribution in [0.3, 0.4) is 0 Å². The largest absolute Gasteiger partial charge is 0.460 e. The second-order valence-corrected chi connectivity index (χ2v) is 7.02. The highest BCUT2D eigenvalue weighted by molar-refractivity contribution is 7.93. The molecule has 1 aromatic rings. The Balaban J connectivity index is 3.35. The Morgan fingerprint density at radius 2 is 1.41 bits per heavy atom. The van der Waals surface area contributed by atoms with Crippen LogP contribution in [0, 0.1) is 0 Å². The number of hydrogen-bond acceptors (Lipinski definition) is 5. The molecular weight excluding hydrogens is 449 g/mol. The van der Waals surface area contributed by atoms with Crippen molar-refractivity contribution < 1.29 is 52.7 Å². The predicted molar refractivity (Wildman–Crippen MR) is 82.7 cm³/mol. The average Bonchev–Trinajstić information content (AvgIpc) is 2.54. The van der Waals surface area contributed by atoms with E-state index < -0.39 is 50.5 Å². The first-order chi connectivity index (χ1) is 12.9. The number of carbonyl (C=O) groups excluding carboxylic acids is 1. The lowest BCUT2D eigenvalue weighted by atomic mass is 10.1. The first kappa shape index (κ1) is 24.5. The Hall–Kier alpha value is -2.52. The Kier molecular flexibility index (Phi) is 6.52. The number of ketones is 1. The first-order valence-corrected chi connectivity index (χ1v) is 8.48. The Morgan fingerprint density at radius 1 is 0.931 bits per heavy atom. The van der Waals surface area contributed by atoms with Crippen LogP contribution in [-0.4, -0.2) is 43.7 Å². The van der Waals surface area contributed by atoms with Gasteiger partial charge in [0.25, 0.3) is 0 Å². The summed E-state index contributed by atoms with van der Waals surface area (Å²) in [6, 6.07) is 3.77. The first-order valence-electron chi connectivity index (χ1n) is 6.99. The summed E-state index contributed by atoms with van der Waals surface area (Å²) in [5.41, 5.74) is 0.495. The molecule has 0 atom stereocenters. The van der Waals surface area contributed by atoms with E-state index in [9.17, 15) is 52.7 Å². The minimum atomic E-state index is -7.37. The second kappa shape index (κ2) is 7.72. The maximum absolute atomic E-state index is 13.7. The van der Waals surface area contributed by atoms with Crippen molar-refractivity contribution in [3.63, 3.8) is 0 Å². The molecule has 0 heterocycles. The third kappa shape index (κ3) is 4.56. The Bertz CT molecular complexity index is 898. The van der Waals surface area contributed by atoms with E-state index in [2.05, 4.69) is 5.10 Å². The average molecular weight is 459 g/mol. The summed E-state index contributed by atoms with van der Waals surface area (Å²) in [6.07, 6.45) is -6.52. The van der Waals surface area contributed by atoms with Crippen LogP contribution in [0.4, 0.5) is 50.9 Å². The molecule has 0 unspecified atom stereocenters. The lowest BCUT2D eigenvalue weighted by Crippen LogP contribution is -2.64. The highest BCUT2D eigenvalue weighted by Crippen LogP contribution is 2.54. The number of rotatable bonds is 8. The summed E-state index contributed by atoms with van der Waals surface area (Å²) in [4.78, 5) is 10.7. The summed E-state index contributed by atoms with van der Waals surface area (Å²) in [5.74, 6) is -15.3. The van der Waals surface area contributed by atoms with Gasteiger partial charge >= 0.3 is 33.3 Å². The molecule has 0 spiro atoms. The highest BCUT2D eigenvalue weighted by Gasteiger charge is 2.85. The minimum absolute atomic E-state index is 0.518. The summed E-state index contributed by atoms with van der Waals surface area (Å²) >= 11 is 0. The number of sulfonamides is 1. The number of Topliss-reactive ketones (excluding diaryl/α,β-unsaturated/α-hetero) is 1. The summed E-state index contributed by atoms with van der Waals surface area (Å²) in [7, 11) is -6.85. The van der Waals surface area contributed by atoms with Gasteiger partial charge in [-0.05, 0) is 12.1 Å². The van der Waals surface area contributed by atoms with E-state index in [0.29, 0.717) is 12.3 Å². The Morgan fingerprint density at radius 3 is 1.86 bits per heavy atom. The number of carbonyl (C=O) groups is 1. The van der Waals surface area contributed by atoms with E-state index in [1.54, 1.807) is 0 Å². The number of para-hydroxylation sites is 2. The molecule has 29 heavy (non-hydrogen) atoms. The smallest absolute Gasteiger partial charge is 0.293 e. The molecule has 0 radical (unpaired) electrons. The van der Waals surface area contributed by atoms with Crippen molar-refractivity contribution in [2.75, 3.05) is 10.1 Å². The van der Waals surface area contributed by atoms with E-state index in [-0.39, 0.29) is 0 Å². The van der Waals surface area contributed by atoms with Crippen molar-refractivity contribution in [1.29, 1.82) is 0 Å². The van der Waals surface area contributed by atoms with Crippen LogP contribution < -0.4 is 10.1 Å². The number of benzene rings is 1. The van der Waals surface area contributed by atoms with Crippen LogP contribution in [0.1, 0.15) is 6.92 Å². The summed E-state index contributed by atoms with van der Waals surface area (Å²) in [5, 5.41) is -3.64. The van der Waals surface area contributed by atoms with E-state index in [4.69, 9.17) is 0 Å². The van der Waals surface area contributed by atoms with Gasteiger partial charge in [-0.25, -0.2) is 0 Å². The van der Waals surface area contributed by atoms with Crippen molar-refractivity contribution >= 4 is 33.4 Å². The zero-order chi connectivity index (χ0) is 22.9. The monoisotopic (exact) mass is 459 g/mol. The maximum atomic E-state index is 13.7. The minimum Gasteiger partial charge on any atom is -0.293 e. The fourth-order valence-corrected chi connectivity index (χ4v) is 2.66. The van der Waals surface area contributed by atoms with Gasteiger partial charge in [0.2, 0.25) is 0 Å². The number of nitrogens with one attached hydrogen (secondary N) is 2. The normalized spacial score (nSPS) is 14.1. The molecule has 0 amide bonds. The lowest BCUT2D eigenvalue weighted by Gasteiger charge is -2.33. The zero-order valence-electron chi connectivity index (χ0n) is 13.9. The van der Waals surface area contributed by atoms with Crippen LogP contribution in [0.2, 0.25) is 0 Å². The highest BCUT2D eigenvalue weighted by atomic mass is 32.2. The van der Waals surface area contributed by atoms with Crippen molar-refractivity contribution in [3.8, 4) is 0 Å². The third-order valence-electron chi connectivity index (χ3n) is 3.06. The van der Waals surface area contributed by atoms with Crippen molar-refractivity contribution in [2.45, 2.75) is 30.2 Å². The number of anilines is 2. The molecule has 6 nitrogen and oxygen atoms in total. The quantitative estimate of drug-likeness (QED) is 0.351. The molecule has 1 aromatic carbocycles. The third-order valence-corrected chi connectivity index (χ3v) is 4.48. The van der Waals surface area contributed by atoms with Gasteiger partial charge in [0.15, 0.2) is 5.78 Å². The molecule has 0 aliphatic rings. The fourth-order valence-electron chi connectivity index (χ4n) is 1.60. The van der Waals surface area contributed by atoms with E-state index >= 15 is 0 Å². The molecule has 0 fully saturated rings. The van der Waals surface area contributed by atoms with Gasteiger partial charge in [-0.3, -0.25) is 14.9 Å². The van der Waals surface area contributed by atoms with Crippen LogP contribution in [0.15, 0.2) is 29.4 Å². The number of hydrazone groups is 1. The molecule has 16 heteroatoms. The van der Waals surface area contributed by atoms with Gasteiger partial charge in [-0.1, -0.05) is 12.1 Å². The van der Waals surface area contributed by atoms with Gasteiger partial charge in [-0.2, -0.15) is 53.0 Å². The van der Waals surface area contributed by atoms with Gasteiger partial charge in [0, 0.05) is 6.92 Å². The molecular formula is C13H10F9N3O3S. The number of hydrogen-bond donors (Lipinski definition) is 2. The van der Waals surface area contributed by atoms with Crippen LogP contribution in [0.5, 0.6) is 0 Å². The SMILES string of the molecule is CC(=O)/C=N\Nc1ccccc1NS(=O)(=O)C(F)(F)C(F)(F)C(F)(F)C(F)(F)F. The van der Waals surface area contributed by atoms with E-state index in [0.717, 1.165) is 29.8 Å². The van der Waals surface area contributed by atoms with Crippen molar-refractivity contribution in [3.05, 3.63) is 24.3 Å². The molecule has 0 bridgehead atoms. The van der Waals surface area contributed by atoms with Crippen LogP contribution >= 0.6 is 0 Å². The molecule has 1 rings (SSSR count). The molecule has 2 N–H and O–H groups in total. The van der Waals surface area contributed by atoms with E-state index in [1.807, 2.05) is 5.43 Å². The van der Waals surface area contributed by atoms with Gasteiger partial charge in [0.1, 0.15) is 0 Å². The lowest BCUT2D eigenvalue weighted by molar-refractivity contribution is -0.382. The molecule has 164 valence electrons.